The van der Waals surface area contributed by atoms with Crippen LogP contribution in [0.25, 0.3) is 6.08 Å². The molecule has 1 aliphatic rings. The fourth-order valence-corrected chi connectivity index (χ4v) is 1.14. The summed E-state index contributed by atoms with van der Waals surface area (Å²) >= 11 is 0. The van der Waals surface area contributed by atoms with Gasteiger partial charge in [-0.2, -0.15) is 0 Å². The van der Waals surface area contributed by atoms with Crippen LogP contribution in [0.5, 0.6) is 0 Å². The molecule has 1 aromatic rings. The summed E-state index contributed by atoms with van der Waals surface area (Å²) in [5.74, 6) is 0. The lowest BCUT2D eigenvalue weighted by Gasteiger charge is -2.05. The van der Waals surface area contributed by atoms with E-state index >= 15 is 0 Å². The standard InChI is InChI=1S/C8H8N2/c1-2-4-8-7(3-1)5-9-6-10-8/h2,4-6H,1,3H2. The van der Waals surface area contributed by atoms with E-state index in [4.69, 9.17) is 0 Å². The maximum atomic E-state index is 4.12. The molecule has 0 aromatic carbocycles. The molecule has 2 nitrogen and oxygen atoms in total. The van der Waals surface area contributed by atoms with E-state index in [0.29, 0.717) is 0 Å². The van der Waals surface area contributed by atoms with Crippen LogP contribution in [-0.2, 0) is 6.42 Å². The predicted molar refractivity (Wildman–Crippen MR) is 39.4 cm³/mol. The molecule has 1 aliphatic carbocycles. The van der Waals surface area contributed by atoms with Gasteiger partial charge in [0.1, 0.15) is 6.33 Å². The molecular weight excluding hydrogens is 124 g/mol. The minimum Gasteiger partial charge on any atom is -0.244 e. The average Bonchev–Trinajstić information content (AvgIpc) is 2.05. The quantitative estimate of drug-likeness (QED) is 0.533. The minimum absolute atomic E-state index is 1.08. The molecule has 0 bridgehead atoms. The van der Waals surface area contributed by atoms with Crippen LogP contribution in [0.2, 0.25) is 0 Å². The van der Waals surface area contributed by atoms with E-state index in [1.54, 1.807) is 6.33 Å². The van der Waals surface area contributed by atoms with Gasteiger partial charge < -0.3 is 0 Å². The summed E-state index contributed by atoms with van der Waals surface area (Å²) in [4.78, 5) is 8.07. The summed E-state index contributed by atoms with van der Waals surface area (Å²) in [6, 6.07) is 0. The van der Waals surface area contributed by atoms with E-state index in [1.807, 2.05) is 6.20 Å². The van der Waals surface area contributed by atoms with Crippen LogP contribution in [0.3, 0.4) is 0 Å². The van der Waals surface area contributed by atoms with Gasteiger partial charge in [-0.05, 0) is 24.5 Å². The van der Waals surface area contributed by atoms with E-state index in [2.05, 4.69) is 22.1 Å². The van der Waals surface area contributed by atoms with Crippen LogP contribution < -0.4 is 0 Å². The second-order valence-electron chi connectivity index (χ2n) is 2.37. The van der Waals surface area contributed by atoms with Crippen molar-refractivity contribution in [3.63, 3.8) is 0 Å². The average molecular weight is 132 g/mol. The molecule has 0 saturated heterocycles. The molecule has 1 aromatic heterocycles. The van der Waals surface area contributed by atoms with Gasteiger partial charge in [0.2, 0.25) is 0 Å². The van der Waals surface area contributed by atoms with E-state index in [-0.39, 0.29) is 0 Å². The highest BCUT2D eigenvalue weighted by atomic mass is 14.8. The van der Waals surface area contributed by atoms with Crippen LogP contribution in [-0.4, -0.2) is 9.97 Å². The van der Waals surface area contributed by atoms with Crippen molar-refractivity contribution in [2.24, 2.45) is 0 Å². The highest BCUT2D eigenvalue weighted by molar-refractivity contribution is 5.50. The molecule has 0 amide bonds. The van der Waals surface area contributed by atoms with Gasteiger partial charge in [0.25, 0.3) is 0 Å². The van der Waals surface area contributed by atoms with Crippen molar-refractivity contribution in [2.45, 2.75) is 12.8 Å². The van der Waals surface area contributed by atoms with Crippen molar-refractivity contribution in [3.8, 4) is 0 Å². The number of rotatable bonds is 0. The van der Waals surface area contributed by atoms with E-state index in [9.17, 15) is 0 Å². The van der Waals surface area contributed by atoms with Crippen molar-refractivity contribution in [1.29, 1.82) is 0 Å². The lowest BCUT2D eigenvalue weighted by Crippen LogP contribution is -1.96. The topological polar surface area (TPSA) is 25.8 Å². The zero-order valence-corrected chi connectivity index (χ0v) is 5.62. The normalized spacial score (nSPS) is 14.8. The van der Waals surface area contributed by atoms with Gasteiger partial charge in [-0.25, -0.2) is 9.97 Å². The predicted octanol–water partition coefficient (Wildman–Crippen LogP) is 1.44. The van der Waals surface area contributed by atoms with Gasteiger partial charge >= 0.3 is 0 Å². The molecule has 0 N–H and O–H groups in total. The lowest BCUT2D eigenvalue weighted by molar-refractivity contribution is 0.939. The zero-order chi connectivity index (χ0) is 6.81. The Kier molecular flexibility index (Phi) is 1.24. The summed E-state index contributed by atoms with van der Waals surface area (Å²) in [6.45, 7) is 0. The molecule has 0 spiro atoms. The first-order chi connectivity index (χ1) is 4.97. The fourth-order valence-electron chi connectivity index (χ4n) is 1.14. The molecule has 0 aliphatic heterocycles. The molecular formula is C8H8N2. The summed E-state index contributed by atoms with van der Waals surface area (Å²) in [5, 5.41) is 0. The van der Waals surface area contributed by atoms with Crippen molar-refractivity contribution in [3.05, 3.63) is 29.9 Å². The number of hydrogen-bond acceptors (Lipinski definition) is 2. The first-order valence-electron chi connectivity index (χ1n) is 3.42. The fraction of sp³-hybridized carbons (Fsp3) is 0.250. The summed E-state index contributed by atoms with van der Waals surface area (Å²) in [7, 11) is 0. The Balaban J connectivity index is 2.54. The number of aromatic nitrogens is 2. The van der Waals surface area contributed by atoms with E-state index < -0.39 is 0 Å². The maximum absolute atomic E-state index is 4.12. The SMILES string of the molecule is C1=Cc2ncncc2CC1. The monoisotopic (exact) mass is 132 g/mol. The number of aryl methyl sites for hydroxylation is 1. The lowest BCUT2D eigenvalue weighted by atomic mass is 10.0. The summed E-state index contributed by atoms with van der Waals surface area (Å²) < 4.78 is 0. The summed E-state index contributed by atoms with van der Waals surface area (Å²) in [5.41, 5.74) is 2.35. The largest absolute Gasteiger partial charge is 0.244 e. The van der Waals surface area contributed by atoms with Crippen molar-refractivity contribution in [1.82, 2.24) is 9.97 Å². The molecule has 0 saturated carbocycles. The van der Waals surface area contributed by atoms with Gasteiger partial charge in [-0.1, -0.05) is 6.08 Å². The Bertz CT molecular complexity index is 266. The van der Waals surface area contributed by atoms with Crippen LogP contribution in [0.1, 0.15) is 17.7 Å². The third-order valence-electron chi connectivity index (χ3n) is 1.68. The number of nitrogens with zero attached hydrogens (tertiary/aromatic N) is 2. The van der Waals surface area contributed by atoms with E-state index in [1.165, 1.54) is 5.56 Å². The molecule has 0 fully saturated rings. The number of fused-ring (bicyclic) bond motifs is 1. The highest BCUT2D eigenvalue weighted by Crippen LogP contribution is 2.13. The summed E-state index contributed by atoms with van der Waals surface area (Å²) in [6.07, 6.45) is 9.91. The van der Waals surface area contributed by atoms with Gasteiger partial charge in [0.15, 0.2) is 0 Å². The Morgan fingerprint density at radius 3 is 3.30 bits per heavy atom. The van der Waals surface area contributed by atoms with Crippen molar-refractivity contribution >= 4 is 6.08 Å². The van der Waals surface area contributed by atoms with Crippen molar-refractivity contribution in [2.75, 3.05) is 0 Å². The number of hydrogen-bond donors (Lipinski definition) is 0. The second kappa shape index (κ2) is 2.21. The highest BCUT2D eigenvalue weighted by Gasteiger charge is 2.02. The maximum Gasteiger partial charge on any atom is 0.116 e. The molecule has 0 radical (unpaired) electrons. The van der Waals surface area contributed by atoms with Crippen LogP contribution in [0.4, 0.5) is 0 Å². The molecule has 50 valence electrons. The first-order valence-corrected chi connectivity index (χ1v) is 3.42. The third kappa shape index (κ3) is 0.817. The number of allylic oxidation sites excluding steroid dienone is 1. The van der Waals surface area contributed by atoms with Crippen LogP contribution >= 0.6 is 0 Å². The Morgan fingerprint density at radius 2 is 2.40 bits per heavy atom. The van der Waals surface area contributed by atoms with Gasteiger partial charge in [-0.15, -0.1) is 0 Å². The van der Waals surface area contributed by atoms with Crippen LogP contribution in [0, 0.1) is 0 Å². The van der Waals surface area contributed by atoms with Crippen LogP contribution in [0.15, 0.2) is 18.6 Å². The Hall–Kier alpha value is -1.18. The minimum atomic E-state index is 1.08. The Labute approximate surface area is 59.6 Å². The van der Waals surface area contributed by atoms with Crippen molar-refractivity contribution < 1.29 is 0 Å². The van der Waals surface area contributed by atoms with Gasteiger partial charge in [-0.3, -0.25) is 0 Å². The Morgan fingerprint density at radius 1 is 1.40 bits per heavy atom. The molecule has 10 heavy (non-hydrogen) atoms. The molecule has 0 unspecified atom stereocenters. The first kappa shape index (κ1) is 5.59. The zero-order valence-electron chi connectivity index (χ0n) is 5.62. The molecule has 1 heterocycles. The second-order valence-corrected chi connectivity index (χ2v) is 2.37. The third-order valence-corrected chi connectivity index (χ3v) is 1.68. The molecule has 2 heteroatoms. The van der Waals surface area contributed by atoms with Gasteiger partial charge in [0.05, 0.1) is 5.69 Å². The van der Waals surface area contributed by atoms with Gasteiger partial charge in [0, 0.05) is 6.20 Å². The smallest absolute Gasteiger partial charge is 0.116 e. The molecule has 0 atom stereocenters. The molecule has 2 rings (SSSR count). The van der Waals surface area contributed by atoms with E-state index in [0.717, 1.165) is 18.5 Å².